The van der Waals surface area contributed by atoms with Gasteiger partial charge in [-0.1, -0.05) is 31.2 Å². The van der Waals surface area contributed by atoms with Crippen molar-refractivity contribution in [2.45, 2.75) is 26.3 Å². The van der Waals surface area contributed by atoms with E-state index in [1.807, 2.05) is 31.2 Å². The van der Waals surface area contributed by atoms with Crippen LogP contribution in [0.1, 0.15) is 37.4 Å². The molecule has 4 rings (SSSR count). The van der Waals surface area contributed by atoms with Crippen molar-refractivity contribution in [2.24, 2.45) is 5.10 Å². The third-order valence-corrected chi connectivity index (χ3v) is 6.19. The molecule has 170 valence electrons. The highest BCUT2D eigenvalue weighted by Crippen LogP contribution is 2.34. The van der Waals surface area contributed by atoms with Crippen molar-refractivity contribution in [3.63, 3.8) is 0 Å². The maximum atomic E-state index is 13.4. The van der Waals surface area contributed by atoms with E-state index >= 15 is 0 Å². The molecular weight excluding hydrogens is 407 g/mol. The second-order valence-corrected chi connectivity index (χ2v) is 8.22. The molecular formula is C25H31FN4O2. The van der Waals surface area contributed by atoms with Crippen molar-refractivity contribution in [2.75, 3.05) is 45.9 Å². The lowest BCUT2D eigenvalue weighted by atomic mass is 9.98. The van der Waals surface area contributed by atoms with E-state index in [0.717, 1.165) is 55.3 Å². The van der Waals surface area contributed by atoms with Crippen LogP contribution in [0.4, 0.5) is 4.39 Å². The van der Waals surface area contributed by atoms with Gasteiger partial charge in [-0.15, -0.1) is 0 Å². The molecule has 2 aliphatic heterocycles. The Morgan fingerprint density at radius 3 is 2.28 bits per heavy atom. The first-order valence-corrected chi connectivity index (χ1v) is 11.4. The maximum absolute atomic E-state index is 13.4. The molecule has 0 bridgehead atoms. The third-order valence-electron chi connectivity index (χ3n) is 6.19. The first-order chi connectivity index (χ1) is 15.6. The topological polar surface area (TPSA) is 48.4 Å². The number of rotatable bonds is 7. The highest BCUT2D eigenvalue weighted by Gasteiger charge is 2.34. The highest BCUT2D eigenvalue weighted by molar-refractivity contribution is 6.03. The smallest absolute Gasteiger partial charge is 0.257 e. The number of ether oxygens (including phenoxy) is 1. The van der Waals surface area contributed by atoms with Crippen LogP contribution in [-0.2, 0) is 4.79 Å². The average molecular weight is 439 g/mol. The molecule has 0 aromatic heterocycles. The number of hydrazone groups is 1. The predicted octanol–water partition coefficient (Wildman–Crippen LogP) is 3.54. The standard InChI is InChI=1S/C25H31FN4O2/c1-3-28-13-15-29(16-14-28)18-25(31)30-24(20-7-11-22(12-8-20)32-4-2)17-23(27-30)19-5-9-21(26)10-6-19/h5-12,24H,3-4,13-18H2,1-2H3. The monoisotopic (exact) mass is 438 g/mol. The highest BCUT2D eigenvalue weighted by atomic mass is 19.1. The molecule has 7 heteroatoms. The van der Waals surface area contributed by atoms with Gasteiger partial charge in [-0.2, -0.15) is 5.10 Å². The van der Waals surface area contributed by atoms with Crippen LogP contribution >= 0.6 is 0 Å². The van der Waals surface area contributed by atoms with Crippen LogP contribution in [0.3, 0.4) is 0 Å². The summed E-state index contributed by atoms with van der Waals surface area (Å²) in [6, 6.07) is 14.0. The van der Waals surface area contributed by atoms with Crippen LogP contribution < -0.4 is 4.74 Å². The summed E-state index contributed by atoms with van der Waals surface area (Å²) in [7, 11) is 0. The number of hydrogen-bond donors (Lipinski definition) is 0. The Labute approximate surface area is 189 Å². The summed E-state index contributed by atoms with van der Waals surface area (Å²) in [5.41, 5.74) is 2.65. The minimum atomic E-state index is -0.283. The minimum absolute atomic E-state index is 0.00838. The molecule has 2 aliphatic rings. The van der Waals surface area contributed by atoms with Crippen molar-refractivity contribution in [1.82, 2.24) is 14.8 Å². The summed E-state index contributed by atoms with van der Waals surface area (Å²) >= 11 is 0. The first kappa shape index (κ1) is 22.4. The zero-order chi connectivity index (χ0) is 22.5. The number of likely N-dealkylation sites (N-methyl/N-ethyl adjacent to an activating group) is 1. The van der Waals surface area contributed by atoms with Crippen molar-refractivity contribution < 1.29 is 13.9 Å². The molecule has 6 nitrogen and oxygen atoms in total. The lowest BCUT2D eigenvalue weighted by molar-refractivity contribution is -0.134. The Balaban J connectivity index is 1.54. The SMILES string of the molecule is CCOc1ccc(C2CC(c3ccc(F)cc3)=NN2C(=O)CN2CCN(CC)CC2)cc1. The summed E-state index contributed by atoms with van der Waals surface area (Å²) < 4.78 is 19.0. The van der Waals surface area contributed by atoms with E-state index in [9.17, 15) is 9.18 Å². The molecule has 1 fully saturated rings. The van der Waals surface area contributed by atoms with Gasteiger partial charge in [-0.05, 0) is 48.9 Å². The second kappa shape index (κ2) is 10.2. The number of halogens is 1. The molecule has 32 heavy (non-hydrogen) atoms. The fraction of sp³-hybridized carbons (Fsp3) is 0.440. The summed E-state index contributed by atoms with van der Waals surface area (Å²) in [5, 5.41) is 6.34. The van der Waals surface area contributed by atoms with Gasteiger partial charge < -0.3 is 9.64 Å². The third kappa shape index (κ3) is 5.16. The van der Waals surface area contributed by atoms with Gasteiger partial charge in [0.15, 0.2) is 0 Å². The molecule has 1 amide bonds. The van der Waals surface area contributed by atoms with E-state index in [0.29, 0.717) is 19.6 Å². The summed E-state index contributed by atoms with van der Waals surface area (Å²) in [4.78, 5) is 17.9. The lowest BCUT2D eigenvalue weighted by Crippen LogP contribution is -2.49. The van der Waals surface area contributed by atoms with Gasteiger partial charge >= 0.3 is 0 Å². The number of benzene rings is 2. The number of carbonyl (C=O) groups is 1. The summed E-state index contributed by atoms with van der Waals surface area (Å²) in [6.45, 7) is 9.85. The molecule has 2 heterocycles. The predicted molar refractivity (Wildman–Crippen MR) is 123 cm³/mol. The average Bonchev–Trinajstić information content (AvgIpc) is 3.26. The van der Waals surface area contributed by atoms with Crippen molar-refractivity contribution in [3.05, 3.63) is 65.5 Å². The zero-order valence-electron chi connectivity index (χ0n) is 18.8. The van der Waals surface area contributed by atoms with Crippen LogP contribution in [0.25, 0.3) is 0 Å². The van der Waals surface area contributed by atoms with E-state index in [4.69, 9.17) is 9.84 Å². The molecule has 0 spiro atoms. The number of nitrogens with zero attached hydrogens (tertiary/aromatic N) is 4. The van der Waals surface area contributed by atoms with Gasteiger partial charge in [0.25, 0.3) is 5.91 Å². The number of piperazine rings is 1. The van der Waals surface area contributed by atoms with Gasteiger partial charge in [-0.3, -0.25) is 9.69 Å². The summed E-state index contributed by atoms with van der Waals surface area (Å²) in [5.74, 6) is 0.515. The first-order valence-electron chi connectivity index (χ1n) is 11.4. The van der Waals surface area contributed by atoms with Gasteiger partial charge in [0.05, 0.1) is 24.9 Å². The molecule has 2 aromatic carbocycles. The number of amides is 1. The Kier molecular flexibility index (Phi) is 7.17. The van der Waals surface area contributed by atoms with Gasteiger partial charge in [0, 0.05) is 32.6 Å². The quantitative estimate of drug-likeness (QED) is 0.664. The van der Waals surface area contributed by atoms with Crippen LogP contribution in [0.5, 0.6) is 5.75 Å². The van der Waals surface area contributed by atoms with Crippen LogP contribution in [0.2, 0.25) is 0 Å². The van der Waals surface area contributed by atoms with Gasteiger partial charge in [0.2, 0.25) is 0 Å². The number of hydrogen-bond acceptors (Lipinski definition) is 5. The van der Waals surface area contributed by atoms with E-state index in [-0.39, 0.29) is 17.8 Å². The Bertz CT molecular complexity index is 937. The Morgan fingerprint density at radius 1 is 1.00 bits per heavy atom. The van der Waals surface area contributed by atoms with E-state index in [1.54, 1.807) is 17.1 Å². The fourth-order valence-electron chi connectivity index (χ4n) is 4.30. The van der Waals surface area contributed by atoms with Crippen molar-refractivity contribution in [3.8, 4) is 5.75 Å². The number of carbonyl (C=O) groups excluding carboxylic acids is 1. The van der Waals surface area contributed by atoms with E-state index in [2.05, 4.69) is 16.7 Å². The minimum Gasteiger partial charge on any atom is -0.494 e. The second-order valence-electron chi connectivity index (χ2n) is 8.22. The Morgan fingerprint density at radius 2 is 1.66 bits per heavy atom. The van der Waals surface area contributed by atoms with Gasteiger partial charge in [-0.25, -0.2) is 9.40 Å². The largest absolute Gasteiger partial charge is 0.494 e. The molecule has 0 radical (unpaired) electrons. The molecule has 1 saturated heterocycles. The lowest BCUT2D eigenvalue weighted by Gasteiger charge is -2.34. The molecule has 1 unspecified atom stereocenters. The molecule has 0 saturated carbocycles. The molecule has 0 N–H and O–H groups in total. The van der Waals surface area contributed by atoms with E-state index < -0.39 is 0 Å². The van der Waals surface area contributed by atoms with E-state index in [1.165, 1.54) is 12.1 Å². The van der Waals surface area contributed by atoms with Crippen LogP contribution in [-0.4, -0.2) is 72.3 Å². The fourth-order valence-corrected chi connectivity index (χ4v) is 4.30. The summed E-state index contributed by atoms with van der Waals surface area (Å²) in [6.07, 6.45) is 0.592. The van der Waals surface area contributed by atoms with Crippen molar-refractivity contribution in [1.29, 1.82) is 0 Å². The molecule has 1 atom stereocenters. The molecule has 0 aliphatic carbocycles. The maximum Gasteiger partial charge on any atom is 0.257 e. The van der Waals surface area contributed by atoms with Crippen LogP contribution in [0, 0.1) is 5.82 Å². The van der Waals surface area contributed by atoms with Crippen LogP contribution in [0.15, 0.2) is 53.6 Å². The van der Waals surface area contributed by atoms with Gasteiger partial charge in [0.1, 0.15) is 11.6 Å². The normalized spacial score (nSPS) is 19.8. The molecule has 2 aromatic rings. The Hall–Kier alpha value is -2.77. The van der Waals surface area contributed by atoms with Crippen molar-refractivity contribution >= 4 is 11.6 Å². The zero-order valence-corrected chi connectivity index (χ0v) is 18.8.